The van der Waals surface area contributed by atoms with E-state index in [-0.39, 0.29) is 36.8 Å². The second-order valence-electron chi connectivity index (χ2n) is 7.94. The maximum atomic E-state index is 12.5. The Morgan fingerprint density at radius 1 is 1.30 bits per heavy atom. The number of nitrogens with one attached hydrogen (secondary N) is 1. The molecule has 1 amide bonds. The minimum absolute atomic E-state index is 0.109. The van der Waals surface area contributed by atoms with E-state index in [1.807, 2.05) is 30.5 Å². The Hall–Kier alpha value is -2.59. The number of aromatic nitrogens is 2. The number of aryl methyl sites for hydroxylation is 1. The van der Waals surface area contributed by atoms with Crippen LogP contribution in [0.3, 0.4) is 0 Å². The number of amides is 1. The Bertz CT molecular complexity index is 1080. The number of rotatable bonds is 6. The maximum absolute atomic E-state index is 12.5. The zero-order valence-electron chi connectivity index (χ0n) is 17.3. The minimum Gasteiger partial charge on any atom is -0.454 e. The van der Waals surface area contributed by atoms with Crippen molar-refractivity contribution < 1.29 is 22.7 Å². The number of likely N-dealkylation sites (N-methyl/N-ethyl adjacent to an activating group) is 1. The van der Waals surface area contributed by atoms with Crippen LogP contribution in [-0.4, -0.2) is 60.9 Å². The van der Waals surface area contributed by atoms with Crippen molar-refractivity contribution in [3.05, 3.63) is 35.2 Å². The summed E-state index contributed by atoms with van der Waals surface area (Å²) in [4.78, 5) is 14.4. The lowest BCUT2D eigenvalue weighted by Gasteiger charge is -2.17. The number of fused-ring (bicyclic) bond motifs is 1. The predicted octanol–water partition coefficient (Wildman–Crippen LogP) is 1.66. The molecular formula is C20H26N4O5S. The number of carbonyl (C=O) groups is 1. The van der Waals surface area contributed by atoms with Crippen LogP contribution in [0.2, 0.25) is 0 Å². The quantitative estimate of drug-likeness (QED) is 0.738. The molecule has 162 valence electrons. The van der Waals surface area contributed by atoms with Crippen LogP contribution in [0.15, 0.2) is 18.2 Å². The van der Waals surface area contributed by atoms with Crippen molar-refractivity contribution in [3.8, 4) is 11.5 Å². The van der Waals surface area contributed by atoms with E-state index in [2.05, 4.69) is 10.4 Å². The van der Waals surface area contributed by atoms with Gasteiger partial charge in [-0.05, 0) is 39.4 Å². The molecule has 1 aromatic heterocycles. The molecule has 2 aliphatic rings. The van der Waals surface area contributed by atoms with E-state index in [4.69, 9.17) is 9.47 Å². The fourth-order valence-corrected chi connectivity index (χ4v) is 5.69. The van der Waals surface area contributed by atoms with Crippen molar-refractivity contribution >= 4 is 21.4 Å². The van der Waals surface area contributed by atoms with E-state index in [0.717, 1.165) is 17.0 Å². The highest BCUT2D eigenvalue weighted by Gasteiger charge is 2.31. The van der Waals surface area contributed by atoms with E-state index in [0.29, 0.717) is 30.2 Å². The van der Waals surface area contributed by atoms with Crippen molar-refractivity contribution in [2.24, 2.45) is 0 Å². The number of nitrogens with zero attached hydrogens (tertiary/aromatic N) is 3. The average molecular weight is 435 g/mol. The van der Waals surface area contributed by atoms with Crippen molar-refractivity contribution in [1.82, 2.24) is 14.7 Å². The standard InChI is InChI=1S/C20H26N4O5S/c1-13-17(14(2)24(22-13)16-6-7-30(26,27)11-16)9-23(3)10-20(25)21-15-4-5-18-19(8-15)29-12-28-18/h4-5,8,16H,6-7,9-12H2,1-3H3,(H,21,25)/t16-/m0/s1. The van der Waals surface area contributed by atoms with E-state index in [1.54, 1.807) is 18.2 Å². The van der Waals surface area contributed by atoms with Gasteiger partial charge in [0.1, 0.15) is 0 Å². The summed E-state index contributed by atoms with van der Waals surface area (Å²) in [6.45, 7) is 4.82. The van der Waals surface area contributed by atoms with Crippen LogP contribution < -0.4 is 14.8 Å². The number of benzene rings is 1. The molecule has 0 spiro atoms. The monoisotopic (exact) mass is 434 g/mol. The largest absolute Gasteiger partial charge is 0.454 e. The van der Waals surface area contributed by atoms with Crippen LogP contribution in [-0.2, 0) is 21.2 Å². The predicted molar refractivity (Wildman–Crippen MR) is 112 cm³/mol. The lowest BCUT2D eigenvalue weighted by atomic mass is 10.1. The van der Waals surface area contributed by atoms with E-state index in [1.165, 1.54) is 0 Å². The number of carbonyl (C=O) groups excluding carboxylic acids is 1. The summed E-state index contributed by atoms with van der Waals surface area (Å²) in [5, 5.41) is 7.46. The van der Waals surface area contributed by atoms with Gasteiger partial charge < -0.3 is 14.8 Å². The number of ether oxygens (including phenoxy) is 2. The Balaban J connectivity index is 1.38. The average Bonchev–Trinajstić information content (AvgIpc) is 3.34. The first-order valence-electron chi connectivity index (χ1n) is 9.85. The van der Waals surface area contributed by atoms with E-state index < -0.39 is 9.84 Å². The Morgan fingerprint density at radius 2 is 2.07 bits per heavy atom. The highest BCUT2D eigenvalue weighted by Crippen LogP contribution is 2.34. The smallest absolute Gasteiger partial charge is 0.238 e. The normalized spacial score (nSPS) is 19.4. The van der Waals surface area contributed by atoms with Crippen molar-refractivity contribution in [3.63, 3.8) is 0 Å². The Labute approximate surface area is 175 Å². The summed E-state index contributed by atoms with van der Waals surface area (Å²) >= 11 is 0. The van der Waals surface area contributed by atoms with Gasteiger partial charge in [0.25, 0.3) is 0 Å². The van der Waals surface area contributed by atoms with Gasteiger partial charge in [0.05, 0.1) is 29.8 Å². The van der Waals surface area contributed by atoms with Gasteiger partial charge in [-0.25, -0.2) is 8.42 Å². The third kappa shape index (κ3) is 4.29. The fourth-order valence-electron chi connectivity index (χ4n) is 4.00. The molecule has 0 bridgehead atoms. The molecule has 1 aromatic carbocycles. The van der Waals surface area contributed by atoms with Gasteiger partial charge in [0.2, 0.25) is 12.7 Å². The van der Waals surface area contributed by atoms with Gasteiger partial charge in [-0.15, -0.1) is 0 Å². The van der Waals surface area contributed by atoms with Gasteiger partial charge in [-0.1, -0.05) is 0 Å². The van der Waals surface area contributed by atoms with Gasteiger partial charge in [0.15, 0.2) is 21.3 Å². The molecule has 0 saturated carbocycles. The second-order valence-corrected chi connectivity index (χ2v) is 10.2. The van der Waals surface area contributed by atoms with Crippen LogP contribution in [0.1, 0.15) is 29.4 Å². The highest BCUT2D eigenvalue weighted by molar-refractivity contribution is 7.91. The Kier molecular flexibility index (Phi) is 5.46. The van der Waals surface area contributed by atoms with Crippen LogP contribution in [0.5, 0.6) is 11.5 Å². The zero-order valence-corrected chi connectivity index (χ0v) is 18.2. The molecule has 1 fully saturated rings. The summed E-state index contributed by atoms with van der Waals surface area (Å²) in [6, 6.07) is 5.18. The van der Waals surface area contributed by atoms with Gasteiger partial charge in [0, 0.05) is 29.6 Å². The summed E-state index contributed by atoms with van der Waals surface area (Å²) in [6.07, 6.45) is 0.595. The molecule has 1 saturated heterocycles. The molecule has 0 radical (unpaired) electrons. The lowest BCUT2D eigenvalue weighted by molar-refractivity contribution is -0.117. The fraction of sp³-hybridized carbons (Fsp3) is 0.500. The van der Waals surface area contributed by atoms with Crippen LogP contribution >= 0.6 is 0 Å². The molecule has 10 heteroatoms. The molecule has 30 heavy (non-hydrogen) atoms. The summed E-state index contributed by atoms with van der Waals surface area (Å²) in [5.74, 6) is 1.51. The summed E-state index contributed by atoms with van der Waals surface area (Å²) in [7, 11) is -1.11. The van der Waals surface area contributed by atoms with Gasteiger partial charge >= 0.3 is 0 Å². The molecular weight excluding hydrogens is 408 g/mol. The molecule has 2 aliphatic heterocycles. The first-order chi connectivity index (χ1) is 14.2. The SMILES string of the molecule is Cc1nn([C@H]2CCS(=O)(=O)C2)c(C)c1CN(C)CC(=O)Nc1ccc2c(c1)OCO2. The van der Waals surface area contributed by atoms with Crippen molar-refractivity contribution in [2.45, 2.75) is 32.9 Å². The summed E-state index contributed by atoms with van der Waals surface area (Å²) in [5.41, 5.74) is 3.50. The second kappa shape index (κ2) is 7.92. The number of anilines is 1. The van der Waals surface area contributed by atoms with Crippen LogP contribution in [0.4, 0.5) is 5.69 Å². The van der Waals surface area contributed by atoms with E-state index >= 15 is 0 Å². The summed E-state index contributed by atoms with van der Waals surface area (Å²) < 4.78 is 36.1. The van der Waals surface area contributed by atoms with E-state index in [9.17, 15) is 13.2 Å². The minimum atomic E-state index is -2.98. The molecule has 0 aliphatic carbocycles. The third-order valence-corrected chi connectivity index (χ3v) is 7.28. The maximum Gasteiger partial charge on any atom is 0.238 e. The van der Waals surface area contributed by atoms with Gasteiger partial charge in [-0.3, -0.25) is 14.4 Å². The first kappa shape index (κ1) is 20.7. The zero-order chi connectivity index (χ0) is 21.5. The highest BCUT2D eigenvalue weighted by atomic mass is 32.2. The Morgan fingerprint density at radius 3 is 2.80 bits per heavy atom. The molecule has 4 rings (SSSR count). The van der Waals surface area contributed by atoms with Crippen LogP contribution in [0, 0.1) is 13.8 Å². The van der Waals surface area contributed by atoms with Crippen LogP contribution in [0.25, 0.3) is 0 Å². The molecule has 1 atom stereocenters. The molecule has 2 aromatic rings. The number of sulfone groups is 1. The number of hydrogen-bond donors (Lipinski definition) is 1. The first-order valence-corrected chi connectivity index (χ1v) is 11.7. The van der Waals surface area contributed by atoms with Crippen molar-refractivity contribution in [2.75, 3.05) is 37.2 Å². The third-order valence-electron chi connectivity index (χ3n) is 5.53. The van der Waals surface area contributed by atoms with Crippen molar-refractivity contribution in [1.29, 1.82) is 0 Å². The topological polar surface area (TPSA) is 103 Å². The number of hydrogen-bond acceptors (Lipinski definition) is 7. The molecule has 3 heterocycles. The molecule has 9 nitrogen and oxygen atoms in total. The molecule has 0 unspecified atom stereocenters. The van der Waals surface area contributed by atoms with Gasteiger partial charge in [-0.2, -0.15) is 5.10 Å². The molecule has 1 N–H and O–H groups in total. The lowest BCUT2D eigenvalue weighted by Crippen LogP contribution is -2.30.